The van der Waals surface area contributed by atoms with Crippen LogP contribution in [0.1, 0.15) is 79.9 Å². The summed E-state index contributed by atoms with van der Waals surface area (Å²) in [7, 11) is -1.39. The van der Waals surface area contributed by atoms with Crippen LogP contribution in [0.15, 0.2) is 87.4 Å². The van der Waals surface area contributed by atoms with Crippen LogP contribution >= 0.6 is 0 Å². The van der Waals surface area contributed by atoms with E-state index in [1.54, 1.807) is 19.6 Å². The van der Waals surface area contributed by atoms with E-state index in [4.69, 9.17) is 0 Å². The third-order valence-electron chi connectivity index (χ3n) is 8.89. The Hall–Kier alpha value is -1.31. The Bertz CT molecular complexity index is 1460. The van der Waals surface area contributed by atoms with Gasteiger partial charge < -0.3 is 24.8 Å². The van der Waals surface area contributed by atoms with Crippen molar-refractivity contribution >= 4 is 11.8 Å². The summed E-state index contributed by atoms with van der Waals surface area (Å²) in [5.74, 6) is 0.548. The van der Waals surface area contributed by atoms with Gasteiger partial charge in [0.15, 0.2) is 0 Å². The predicted octanol–water partition coefficient (Wildman–Crippen LogP) is 4.36. The number of fused-ring (bicyclic) bond motifs is 3. The zero-order valence-electron chi connectivity index (χ0n) is 27.2. The van der Waals surface area contributed by atoms with Crippen molar-refractivity contribution in [3.63, 3.8) is 0 Å². The summed E-state index contributed by atoms with van der Waals surface area (Å²) in [6.07, 6.45) is 6.40. The molecule has 0 aromatic heterocycles. The van der Waals surface area contributed by atoms with E-state index in [1.165, 1.54) is 27.8 Å². The van der Waals surface area contributed by atoms with E-state index in [2.05, 4.69) is 151 Å². The van der Waals surface area contributed by atoms with Gasteiger partial charge in [0, 0.05) is 0 Å². The molecule has 2 aliphatic rings. The fraction of sp³-hybridized carbons (Fsp3) is 0.395. The van der Waals surface area contributed by atoms with Crippen molar-refractivity contribution in [2.75, 3.05) is 0 Å². The van der Waals surface area contributed by atoms with E-state index < -0.39 is 29.3 Å². The maximum atomic E-state index is 2.85. The minimum Gasteiger partial charge on any atom is -1.00 e. The van der Waals surface area contributed by atoms with E-state index in [1.807, 2.05) is 0 Å². The fourth-order valence-electron chi connectivity index (χ4n) is 6.29. The average molecular weight is 695 g/mol. The fourth-order valence-corrected chi connectivity index (χ4v) is 16.2. The molecule has 1 atom stereocenters. The molecule has 0 nitrogen and oxygen atoms in total. The number of rotatable bonds is 5. The van der Waals surface area contributed by atoms with Gasteiger partial charge in [0.1, 0.15) is 0 Å². The maximum absolute atomic E-state index is 2.85. The summed E-state index contributed by atoms with van der Waals surface area (Å²) < 4.78 is 5.16. The maximum Gasteiger partial charge on any atom is -1.00 e. The molecule has 0 saturated heterocycles. The second kappa shape index (κ2) is 13.0. The summed E-state index contributed by atoms with van der Waals surface area (Å²) in [4.78, 5) is 0. The molecule has 0 saturated carbocycles. The molecule has 4 heteroatoms. The molecule has 0 spiro atoms. The van der Waals surface area contributed by atoms with Crippen molar-refractivity contribution in [1.82, 2.24) is 0 Å². The molecule has 0 heterocycles. The summed E-state index contributed by atoms with van der Waals surface area (Å²) >= 11 is -2.40. The quantitative estimate of drug-likeness (QED) is 0.349. The van der Waals surface area contributed by atoms with Crippen LogP contribution in [0.5, 0.6) is 0 Å². The van der Waals surface area contributed by atoms with Crippen LogP contribution < -0.4 is 24.8 Å². The number of benzene rings is 3. The average Bonchev–Trinajstić information content (AvgIpc) is 3.42. The Morgan fingerprint density at radius 1 is 0.738 bits per heavy atom. The molecule has 0 fully saturated rings. The monoisotopic (exact) mass is 692 g/mol. The number of allylic oxidation sites excluding steroid dienone is 4. The second-order valence-electron chi connectivity index (χ2n) is 15.1. The Balaban J connectivity index is 0.00000242. The van der Waals surface area contributed by atoms with Crippen molar-refractivity contribution in [2.24, 2.45) is 5.92 Å². The van der Waals surface area contributed by atoms with E-state index in [-0.39, 0.29) is 35.6 Å². The molecular formula is C38H48Cl2SiZr. The molecule has 3 aromatic carbocycles. The van der Waals surface area contributed by atoms with Crippen LogP contribution in [0, 0.1) is 5.92 Å². The Morgan fingerprint density at radius 3 is 1.67 bits per heavy atom. The summed E-state index contributed by atoms with van der Waals surface area (Å²) in [6.45, 7) is 24.1. The van der Waals surface area contributed by atoms with Crippen LogP contribution in [-0.2, 0) is 38.5 Å². The minimum atomic E-state index is -2.40. The first-order chi connectivity index (χ1) is 18.6. The first-order valence-electron chi connectivity index (χ1n) is 15.1. The van der Waals surface area contributed by atoms with Crippen molar-refractivity contribution in [3.05, 3.63) is 115 Å². The molecule has 3 aromatic rings. The van der Waals surface area contributed by atoms with Crippen molar-refractivity contribution in [3.8, 4) is 11.1 Å². The number of halogens is 2. The van der Waals surface area contributed by atoms with Crippen molar-refractivity contribution < 1.29 is 46.1 Å². The van der Waals surface area contributed by atoms with Gasteiger partial charge in [0.05, 0.1) is 0 Å². The van der Waals surface area contributed by atoms with Gasteiger partial charge in [-0.3, -0.25) is 0 Å². The van der Waals surface area contributed by atoms with Gasteiger partial charge in [-0.1, -0.05) is 0 Å². The van der Waals surface area contributed by atoms with Gasteiger partial charge in [-0.2, -0.15) is 0 Å². The van der Waals surface area contributed by atoms with Gasteiger partial charge in [-0.05, 0) is 0 Å². The topological polar surface area (TPSA) is 0 Å². The Labute approximate surface area is 277 Å². The second-order valence-corrected chi connectivity index (χ2v) is 26.3. The molecule has 222 valence electrons. The van der Waals surface area contributed by atoms with Gasteiger partial charge in [-0.15, -0.1) is 0 Å². The molecule has 0 aliphatic heterocycles. The Morgan fingerprint density at radius 2 is 1.24 bits per heavy atom. The Kier molecular flexibility index (Phi) is 10.9. The molecule has 0 N–H and O–H groups in total. The largest absolute Gasteiger partial charge is 1.00 e. The zero-order chi connectivity index (χ0) is 29.0. The molecule has 5 rings (SSSR count). The number of hydrogen-bond donors (Lipinski definition) is 0. The van der Waals surface area contributed by atoms with Gasteiger partial charge >= 0.3 is 254 Å². The third kappa shape index (κ3) is 7.15. The summed E-state index contributed by atoms with van der Waals surface area (Å²) in [5, 5.41) is 1.66. The standard InChI is InChI=1S/C21H25.C9H15Si.C8H8.2ClH.Zr/c1-20(2,3)16-7-9-18-14(12-16)11-15-13-17(21(4,5)6)8-10-19(15)18;1-8-5-6-9(7-8)10(2,3)4;1-2-8-6-4-3-5-7-8;;;/h7-13H,1-6H3;6-8H,1-4H3;1,3-7H,2H2;2*1H;/q;;;;;+2/p-2. The van der Waals surface area contributed by atoms with E-state index in [9.17, 15) is 0 Å². The first-order valence-corrected chi connectivity index (χ1v) is 22.7. The zero-order valence-corrected chi connectivity index (χ0v) is 32.2. The molecule has 0 radical (unpaired) electrons. The molecule has 0 bridgehead atoms. The van der Waals surface area contributed by atoms with Crippen LogP contribution in [0.4, 0.5) is 0 Å². The van der Waals surface area contributed by atoms with Gasteiger partial charge in [0.2, 0.25) is 0 Å². The SMILES string of the molecule is CC1C=C([Si](C)(C)C)C=[C]1/[Zr+2](=[CH]/Cc1ccccc1)[CH]1c2cc(C(C)(C)C)ccc2-c2ccc(C(C)(C)C)cc21.[Cl-].[Cl-]. The van der Waals surface area contributed by atoms with Crippen molar-refractivity contribution in [1.29, 1.82) is 0 Å². The molecule has 0 amide bonds. The third-order valence-corrected chi connectivity index (χ3v) is 18.7. The molecule has 1 unspecified atom stereocenters. The van der Waals surface area contributed by atoms with Crippen LogP contribution in [0.25, 0.3) is 11.1 Å². The minimum absolute atomic E-state index is 0. The molecule has 42 heavy (non-hydrogen) atoms. The van der Waals surface area contributed by atoms with Crippen molar-refractivity contribution in [2.45, 2.75) is 89.0 Å². The van der Waals surface area contributed by atoms with E-state index >= 15 is 0 Å². The van der Waals surface area contributed by atoms with E-state index in [0.717, 1.165) is 6.42 Å². The molecular weight excluding hydrogens is 647 g/mol. The summed E-state index contributed by atoms with van der Waals surface area (Å²) in [5.41, 5.74) is 10.8. The van der Waals surface area contributed by atoms with Gasteiger partial charge in [0.25, 0.3) is 0 Å². The van der Waals surface area contributed by atoms with E-state index in [0.29, 0.717) is 9.54 Å². The van der Waals surface area contributed by atoms with Gasteiger partial charge in [-0.25, -0.2) is 0 Å². The number of hydrogen-bond acceptors (Lipinski definition) is 0. The van der Waals surface area contributed by atoms with Crippen LogP contribution in [-0.4, -0.2) is 11.8 Å². The molecule has 2 aliphatic carbocycles. The predicted molar refractivity (Wildman–Crippen MR) is 176 cm³/mol. The summed E-state index contributed by atoms with van der Waals surface area (Å²) in [6, 6.07) is 26.0. The van der Waals surface area contributed by atoms with Crippen LogP contribution in [0.2, 0.25) is 19.6 Å². The first kappa shape index (κ1) is 35.2. The normalized spacial score (nSPS) is 16.7. The van der Waals surface area contributed by atoms with Crippen LogP contribution in [0.3, 0.4) is 0 Å². The smallest absolute Gasteiger partial charge is 1.00 e.